The molecule has 148 valence electrons. The highest BCUT2D eigenvalue weighted by atomic mass is 16.5. The van der Waals surface area contributed by atoms with Gasteiger partial charge in [0.15, 0.2) is 0 Å². The highest BCUT2D eigenvalue weighted by molar-refractivity contribution is 5.82. The number of hydrogen-bond acceptors (Lipinski definition) is 3. The van der Waals surface area contributed by atoms with Crippen LogP contribution in [0.3, 0.4) is 0 Å². The number of amides is 1. The SMILES string of the molecule is CCOc1ccc(CN(C)[C@H](C)C(=O)NC23CC4CC(CC(C4)C2)C3)cc1. The molecule has 4 heteroatoms. The van der Waals surface area contributed by atoms with Crippen LogP contribution in [0, 0.1) is 17.8 Å². The summed E-state index contributed by atoms with van der Waals surface area (Å²) in [5.41, 5.74) is 1.30. The number of likely N-dealkylation sites (N-methyl/N-ethyl adjacent to an activating group) is 1. The fourth-order valence-corrected chi connectivity index (χ4v) is 6.11. The average molecular weight is 371 g/mol. The van der Waals surface area contributed by atoms with Crippen molar-refractivity contribution in [3.05, 3.63) is 29.8 Å². The van der Waals surface area contributed by atoms with Gasteiger partial charge in [-0.3, -0.25) is 9.69 Å². The van der Waals surface area contributed by atoms with Crippen molar-refractivity contribution in [3.8, 4) is 5.75 Å². The molecule has 4 fully saturated rings. The maximum absolute atomic E-state index is 13.0. The molecule has 5 rings (SSSR count). The zero-order valence-electron chi connectivity index (χ0n) is 17.0. The van der Waals surface area contributed by atoms with Gasteiger partial charge in [-0.2, -0.15) is 0 Å². The van der Waals surface area contributed by atoms with E-state index in [9.17, 15) is 4.79 Å². The minimum atomic E-state index is -0.121. The van der Waals surface area contributed by atoms with Gasteiger partial charge < -0.3 is 10.1 Å². The van der Waals surface area contributed by atoms with Crippen LogP contribution < -0.4 is 10.1 Å². The summed E-state index contributed by atoms with van der Waals surface area (Å²) >= 11 is 0. The molecule has 4 nitrogen and oxygen atoms in total. The number of nitrogens with one attached hydrogen (secondary N) is 1. The summed E-state index contributed by atoms with van der Waals surface area (Å²) in [6.45, 7) is 5.47. The van der Waals surface area contributed by atoms with Crippen molar-refractivity contribution in [2.75, 3.05) is 13.7 Å². The zero-order valence-corrected chi connectivity index (χ0v) is 17.0. The lowest BCUT2D eigenvalue weighted by Crippen LogP contribution is -2.62. The van der Waals surface area contributed by atoms with E-state index in [4.69, 9.17) is 4.74 Å². The third-order valence-corrected chi connectivity index (χ3v) is 7.13. The highest BCUT2D eigenvalue weighted by Gasteiger charge is 2.51. The Labute approximate surface area is 163 Å². The number of benzene rings is 1. The molecule has 0 aromatic heterocycles. The highest BCUT2D eigenvalue weighted by Crippen LogP contribution is 2.55. The first-order chi connectivity index (χ1) is 13.0. The molecule has 0 unspecified atom stereocenters. The second-order valence-corrected chi connectivity index (χ2v) is 9.36. The number of carbonyl (C=O) groups excluding carboxylic acids is 1. The lowest BCUT2D eigenvalue weighted by Gasteiger charge is -2.57. The van der Waals surface area contributed by atoms with Crippen LogP contribution in [0.1, 0.15) is 57.9 Å². The van der Waals surface area contributed by atoms with Crippen molar-refractivity contribution in [2.24, 2.45) is 17.8 Å². The molecule has 27 heavy (non-hydrogen) atoms. The van der Waals surface area contributed by atoms with E-state index >= 15 is 0 Å². The Bertz CT molecular complexity index is 634. The molecule has 4 aliphatic carbocycles. The molecular formula is C23H34N2O2. The van der Waals surface area contributed by atoms with Crippen molar-refractivity contribution in [3.63, 3.8) is 0 Å². The maximum atomic E-state index is 13.0. The molecule has 1 N–H and O–H groups in total. The third kappa shape index (κ3) is 4.01. The van der Waals surface area contributed by atoms with Crippen molar-refractivity contribution in [1.29, 1.82) is 0 Å². The summed E-state index contributed by atoms with van der Waals surface area (Å²) in [5, 5.41) is 3.52. The van der Waals surface area contributed by atoms with E-state index in [1.807, 2.05) is 33.0 Å². The van der Waals surface area contributed by atoms with Gasteiger partial charge in [-0.05, 0) is 94.9 Å². The molecule has 4 aliphatic rings. The van der Waals surface area contributed by atoms with E-state index in [0.29, 0.717) is 6.61 Å². The number of carbonyl (C=O) groups is 1. The van der Waals surface area contributed by atoms with Gasteiger partial charge in [-0.25, -0.2) is 0 Å². The summed E-state index contributed by atoms with van der Waals surface area (Å²) in [4.78, 5) is 15.2. The summed E-state index contributed by atoms with van der Waals surface area (Å²) < 4.78 is 5.51. The van der Waals surface area contributed by atoms with E-state index in [1.54, 1.807) is 0 Å². The molecule has 1 aromatic rings. The fourth-order valence-electron chi connectivity index (χ4n) is 6.11. The van der Waals surface area contributed by atoms with Crippen molar-refractivity contribution < 1.29 is 9.53 Å². The van der Waals surface area contributed by atoms with Crippen LogP contribution in [0.2, 0.25) is 0 Å². The average Bonchev–Trinajstić information content (AvgIpc) is 2.61. The van der Waals surface area contributed by atoms with Gasteiger partial charge in [0.05, 0.1) is 12.6 Å². The van der Waals surface area contributed by atoms with Crippen molar-refractivity contribution >= 4 is 5.91 Å². The minimum absolute atomic E-state index is 0.0973. The third-order valence-electron chi connectivity index (χ3n) is 7.13. The molecule has 1 aromatic carbocycles. The lowest BCUT2D eigenvalue weighted by molar-refractivity contribution is -0.131. The predicted octanol–water partition coefficient (Wildman–Crippen LogP) is 3.99. The fraction of sp³-hybridized carbons (Fsp3) is 0.696. The van der Waals surface area contributed by atoms with E-state index in [-0.39, 0.29) is 17.5 Å². The van der Waals surface area contributed by atoms with Crippen LogP contribution in [-0.4, -0.2) is 36.0 Å². The first-order valence-electron chi connectivity index (χ1n) is 10.7. The number of ether oxygens (including phenoxy) is 1. The molecule has 0 aliphatic heterocycles. The summed E-state index contributed by atoms with van der Waals surface area (Å²) in [6.07, 6.45) is 7.84. The van der Waals surface area contributed by atoms with Gasteiger partial charge in [0.1, 0.15) is 5.75 Å². The second-order valence-electron chi connectivity index (χ2n) is 9.36. The smallest absolute Gasteiger partial charge is 0.237 e. The van der Waals surface area contributed by atoms with Gasteiger partial charge in [0.2, 0.25) is 5.91 Å². The van der Waals surface area contributed by atoms with Crippen LogP contribution in [0.15, 0.2) is 24.3 Å². The number of hydrogen-bond donors (Lipinski definition) is 1. The van der Waals surface area contributed by atoms with E-state index in [0.717, 1.165) is 30.0 Å². The Morgan fingerprint density at radius 3 is 2.22 bits per heavy atom. The predicted molar refractivity (Wildman–Crippen MR) is 108 cm³/mol. The summed E-state index contributed by atoms with van der Waals surface area (Å²) in [6, 6.07) is 8.07. The van der Waals surface area contributed by atoms with E-state index in [1.165, 1.54) is 44.1 Å². The molecule has 1 amide bonds. The maximum Gasteiger partial charge on any atom is 0.237 e. The number of rotatable bonds is 7. The lowest BCUT2D eigenvalue weighted by atomic mass is 9.53. The monoisotopic (exact) mass is 370 g/mol. The van der Waals surface area contributed by atoms with Gasteiger partial charge in [0.25, 0.3) is 0 Å². The Balaban J connectivity index is 1.34. The van der Waals surface area contributed by atoms with Crippen LogP contribution in [0.25, 0.3) is 0 Å². The van der Waals surface area contributed by atoms with E-state index < -0.39 is 0 Å². The molecule has 0 spiro atoms. The van der Waals surface area contributed by atoms with E-state index in [2.05, 4.69) is 22.3 Å². The zero-order chi connectivity index (χ0) is 19.0. The molecule has 0 saturated heterocycles. The van der Waals surface area contributed by atoms with Crippen LogP contribution >= 0.6 is 0 Å². The first-order valence-corrected chi connectivity index (χ1v) is 10.7. The Morgan fingerprint density at radius 2 is 1.70 bits per heavy atom. The quantitative estimate of drug-likeness (QED) is 0.789. The summed E-state index contributed by atoms with van der Waals surface area (Å²) in [5.74, 6) is 3.66. The van der Waals surface area contributed by atoms with Gasteiger partial charge in [-0.15, -0.1) is 0 Å². The van der Waals surface area contributed by atoms with Crippen LogP contribution in [-0.2, 0) is 11.3 Å². The Morgan fingerprint density at radius 1 is 1.15 bits per heavy atom. The van der Waals surface area contributed by atoms with Crippen LogP contribution in [0.5, 0.6) is 5.75 Å². The van der Waals surface area contributed by atoms with Gasteiger partial charge in [-0.1, -0.05) is 12.1 Å². The topological polar surface area (TPSA) is 41.6 Å². The first kappa shape index (κ1) is 18.8. The normalized spacial score (nSPS) is 32.5. The van der Waals surface area contributed by atoms with Crippen molar-refractivity contribution in [1.82, 2.24) is 10.2 Å². The van der Waals surface area contributed by atoms with Gasteiger partial charge >= 0.3 is 0 Å². The molecule has 0 radical (unpaired) electrons. The molecule has 1 atom stereocenters. The largest absolute Gasteiger partial charge is 0.494 e. The second kappa shape index (κ2) is 7.46. The standard InChI is InChI=1S/C23H34N2O2/c1-4-27-21-7-5-17(6-8-21)15-25(3)16(2)22(26)24-23-12-18-9-19(13-23)11-20(10-18)14-23/h5-8,16,18-20H,4,9-15H2,1-3H3,(H,24,26)/t16-,18?,19?,20?,23?/m1/s1. The number of nitrogens with zero attached hydrogens (tertiary/aromatic N) is 1. The molecule has 0 heterocycles. The Hall–Kier alpha value is -1.55. The van der Waals surface area contributed by atoms with Gasteiger partial charge in [0, 0.05) is 12.1 Å². The summed E-state index contributed by atoms with van der Waals surface area (Å²) in [7, 11) is 2.04. The minimum Gasteiger partial charge on any atom is -0.494 e. The Kier molecular flexibility index (Phi) is 5.19. The van der Waals surface area contributed by atoms with Crippen LogP contribution in [0.4, 0.5) is 0 Å². The molecular weight excluding hydrogens is 336 g/mol. The van der Waals surface area contributed by atoms with Crippen molar-refractivity contribution in [2.45, 2.75) is 70.5 Å². The molecule has 4 bridgehead atoms. The molecule has 4 saturated carbocycles.